The van der Waals surface area contributed by atoms with Gasteiger partial charge in [0.05, 0.1) is 25.2 Å². The topological polar surface area (TPSA) is 83.6 Å². The third-order valence-corrected chi connectivity index (χ3v) is 8.54. The smallest absolute Gasteiger partial charge is 0.322 e. The van der Waals surface area contributed by atoms with Crippen LogP contribution in [0.4, 0.5) is 10.5 Å². The number of halogens is 1. The molecule has 4 aliphatic heterocycles. The minimum Gasteiger partial charge on any atom is -0.370 e. The van der Waals surface area contributed by atoms with Crippen molar-refractivity contribution in [1.29, 1.82) is 0 Å². The molecule has 11 heteroatoms. The lowest BCUT2D eigenvalue weighted by Gasteiger charge is -2.42. The molecule has 2 fully saturated rings. The summed E-state index contributed by atoms with van der Waals surface area (Å²) >= 11 is 6.01. The molecule has 2 atom stereocenters. The van der Waals surface area contributed by atoms with Crippen LogP contribution in [0.15, 0.2) is 60.4 Å². The molecule has 2 unspecified atom stereocenters. The summed E-state index contributed by atoms with van der Waals surface area (Å²) < 4.78 is 5.93. The minimum absolute atomic E-state index is 0.0699. The summed E-state index contributed by atoms with van der Waals surface area (Å²) in [5.41, 5.74) is 4.14. The first-order chi connectivity index (χ1) is 19.5. The third kappa shape index (κ3) is 5.62. The van der Waals surface area contributed by atoms with E-state index in [0.29, 0.717) is 43.8 Å². The normalized spacial score (nSPS) is 23.6. The zero-order valence-electron chi connectivity index (χ0n) is 22.8. The predicted molar refractivity (Wildman–Crippen MR) is 153 cm³/mol. The zero-order valence-corrected chi connectivity index (χ0v) is 23.5. The lowest BCUT2D eigenvalue weighted by atomic mass is 9.90. The van der Waals surface area contributed by atoms with Crippen LogP contribution in [0, 0.1) is 0 Å². The molecule has 212 valence electrons. The molecule has 0 aliphatic carbocycles. The van der Waals surface area contributed by atoms with E-state index >= 15 is 0 Å². The Kier molecular flexibility index (Phi) is 7.84. The van der Waals surface area contributed by atoms with E-state index in [4.69, 9.17) is 16.3 Å². The van der Waals surface area contributed by atoms with Crippen LogP contribution in [0.1, 0.15) is 30.5 Å². The van der Waals surface area contributed by atoms with Gasteiger partial charge in [0.2, 0.25) is 5.91 Å². The van der Waals surface area contributed by atoms with Gasteiger partial charge in [-0.2, -0.15) is 0 Å². The highest BCUT2D eigenvalue weighted by Crippen LogP contribution is 2.33. The molecule has 2 saturated heterocycles. The molecule has 0 saturated carbocycles. The lowest BCUT2D eigenvalue weighted by Crippen LogP contribution is -2.56. The second-order valence-corrected chi connectivity index (χ2v) is 11.1. The molecule has 4 aliphatic rings. The quantitative estimate of drug-likeness (QED) is 0.589. The van der Waals surface area contributed by atoms with E-state index in [2.05, 4.69) is 44.7 Å². The molecule has 2 N–H and O–H groups in total. The molecule has 0 radical (unpaired) electrons. The van der Waals surface area contributed by atoms with Crippen molar-refractivity contribution in [2.24, 2.45) is 0 Å². The van der Waals surface area contributed by atoms with E-state index in [0.717, 1.165) is 31.6 Å². The molecule has 0 bridgehead atoms. The van der Waals surface area contributed by atoms with Gasteiger partial charge in [0.1, 0.15) is 13.5 Å². The molecule has 0 spiro atoms. The number of hydrazine groups is 1. The van der Waals surface area contributed by atoms with E-state index in [9.17, 15) is 9.59 Å². The van der Waals surface area contributed by atoms with Crippen molar-refractivity contribution in [2.75, 3.05) is 58.0 Å². The van der Waals surface area contributed by atoms with Gasteiger partial charge in [-0.15, -0.1) is 0 Å². The van der Waals surface area contributed by atoms with E-state index in [1.54, 1.807) is 29.2 Å². The monoisotopic (exact) mass is 565 g/mol. The van der Waals surface area contributed by atoms with Gasteiger partial charge < -0.3 is 30.1 Å². The standard InChI is InChI=1S/C29H36ClN7O3/c1-21-31-17-25-18-35(19-40-20-37(21)25)34-14-12-33(13-15-34)28(38)16-27-26-5-3-2-4-22(26)10-11-36(27)29(39)32-24-8-6-23(30)7-9-24/h2-9,17,21,27,31H,10-16,18-20H2,1H3,(H,32,39). The number of carbonyl (C=O) groups excluding carboxylic acids is 2. The second-order valence-electron chi connectivity index (χ2n) is 10.7. The number of hydrogen-bond acceptors (Lipinski definition) is 7. The lowest BCUT2D eigenvalue weighted by molar-refractivity contribution is -0.143. The third-order valence-electron chi connectivity index (χ3n) is 8.29. The van der Waals surface area contributed by atoms with Crippen molar-refractivity contribution >= 4 is 29.2 Å². The molecule has 6 rings (SSSR count). The van der Waals surface area contributed by atoms with Crippen LogP contribution in [0.5, 0.6) is 0 Å². The van der Waals surface area contributed by atoms with Gasteiger partial charge in [-0.1, -0.05) is 35.9 Å². The van der Waals surface area contributed by atoms with Gasteiger partial charge in [0, 0.05) is 55.3 Å². The molecule has 3 amide bonds. The second kappa shape index (κ2) is 11.7. The van der Waals surface area contributed by atoms with Crippen molar-refractivity contribution in [3.63, 3.8) is 0 Å². The van der Waals surface area contributed by atoms with Gasteiger partial charge in [0.15, 0.2) is 0 Å². The summed E-state index contributed by atoms with van der Waals surface area (Å²) in [4.78, 5) is 33.0. The number of nitrogens with zero attached hydrogens (tertiary/aromatic N) is 5. The summed E-state index contributed by atoms with van der Waals surface area (Å²) in [5, 5.41) is 11.5. The number of anilines is 1. The number of hydrogen-bond donors (Lipinski definition) is 2. The number of amides is 3. The van der Waals surface area contributed by atoms with Crippen LogP contribution in [-0.4, -0.2) is 95.6 Å². The summed E-state index contributed by atoms with van der Waals surface area (Å²) in [6.07, 6.45) is 3.32. The Morgan fingerprint density at radius 3 is 2.58 bits per heavy atom. The van der Waals surface area contributed by atoms with Crippen molar-refractivity contribution in [3.8, 4) is 0 Å². The zero-order chi connectivity index (χ0) is 27.6. The Morgan fingerprint density at radius 2 is 1.77 bits per heavy atom. The Morgan fingerprint density at radius 1 is 1.00 bits per heavy atom. The minimum atomic E-state index is -0.323. The van der Waals surface area contributed by atoms with Gasteiger partial charge in [-0.3, -0.25) is 4.79 Å². The van der Waals surface area contributed by atoms with Crippen molar-refractivity contribution < 1.29 is 14.3 Å². The van der Waals surface area contributed by atoms with Gasteiger partial charge in [-0.25, -0.2) is 14.8 Å². The van der Waals surface area contributed by atoms with Crippen molar-refractivity contribution in [3.05, 3.63) is 76.6 Å². The summed E-state index contributed by atoms with van der Waals surface area (Å²) in [5.74, 6) is 0.0699. The maximum Gasteiger partial charge on any atom is 0.322 e. The first kappa shape index (κ1) is 26.9. The van der Waals surface area contributed by atoms with Crippen LogP contribution in [-0.2, 0) is 16.0 Å². The van der Waals surface area contributed by atoms with Gasteiger partial charge in [-0.05, 0) is 48.7 Å². The van der Waals surface area contributed by atoms with E-state index in [1.807, 2.05) is 23.1 Å². The maximum atomic E-state index is 13.6. The Hall–Kier alpha value is -3.31. The number of piperazine rings is 1. The van der Waals surface area contributed by atoms with Crippen LogP contribution in [0.2, 0.25) is 5.02 Å². The largest absolute Gasteiger partial charge is 0.370 e. The number of carbonyl (C=O) groups is 2. The number of urea groups is 1. The fourth-order valence-corrected chi connectivity index (χ4v) is 6.12. The fourth-order valence-electron chi connectivity index (χ4n) is 5.99. The number of nitrogens with one attached hydrogen (secondary N) is 2. The van der Waals surface area contributed by atoms with E-state index < -0.39 is 0 Å². The van der Waals surface area contributed by atoms with Crippen molar-refractivity contribution in [1.82, 2.24) is 30.0 Å². The van der Waals surface area contributed by atoms with Crippen LogP contribution in [0.3, 0.4) is 0 Å². The molecular formula is C29H36ClN7O3. The highest BCUT2D eigenvalue weighted by atomic mass is 35.5. The molecule has 2 aromatic carbocycles. The SMILES string of the molecule is CC1NC=C2CN(N3CCN(C(=O)CC4c5ccccc5CCN4C(=O)Nc4ccc(Cl)cc4)CC3)COCN21. The van der Waals surface area contributed by atoms with Crippen LogP contribution >= 0.6 is 11.6 Å². The molecular weight excluding hydrogens is 530 g/mol. The highest BCUT2D eigenvalue weighted by molar-refractivity contribution is 6.30. The summed E-state index contributed by atoms with van der Waals surface area (Å²) in [6, 6.07) is 14.7. The summed E-state index contributed by atoms with van der Waals surface area (Å²) in [7, 11) is 0. The fraction of sp³-hybridized carbons (Fsp3) is 0.448. The molecule has 2 aromatic rings. The maximum absolute atomic E-state index is 13.6. The predicted octanol–water partition coefficient (Wildman–Crippen LogP) is 3.26. The first-order valence-corrected chi connectivity index (χ1v) is 14.3. The van der Waals surface area contributed by atoms with E-state index in [1.165, 1.54) is 11.3 Å². The van der Waals surface area contributed by atoms with Crippen molar-refractivity contribution in [2.45, 2.75) is 32.0 Å². The summed E-state index contributed by atoms with van der Waals surface area (Å²) in [6.45, 7) is 7.32. The number of ether oxygens (including phenoxy) is 1. The first-order valence-electron chi connectivity index (χ1n) is 13.9. The average Bonchev–Trinajstić information content (AvgIpc) is 3.18. The van der Waals surface area contributed by atoms with Gasteiger partial charge in [0.25, 0.3) is 0 Å². The Bertz CT molecular complexity index is 1260. The molecule has 4 heterocycles. The van der Waals surface area contributed by atoms with E-state index in [-0.39, 0.29) is 30.6 Å². The van der Waals surface area contributed by atoms with Crippen LogP contribution in [0.25, 0.3) is 0 Å². The van der Waals surface area contributed by atoms with Crippen LogP contribution < -0.4 is 10.6 Å². The van der Waals surface area contributed by atoms with Gasteiger partial charge >= 0.3 is 6.03 Å². The molecule has 10 nitrogen and oxygen atoms in total. The molecule has 0 aromatic heterocycles. The Labute approximate surface area is 240 Å². The number of rotatable bonds is 4. The number of benzene rings is 2. The highest BCUT2D eigenvalue weighted by Gasteiger charge is 2.35. The number of fused-ring (bicyclic) bond motifs is 2. The average molecular weight is 566 g/mol. The Balaban J connectivity index is 1.10. The molecule has 40 heavy (non-hydrogen) atoms.